The smallest absolute Gasteiger partial charge is 0.349 e. The summed E-state index contributed by atoms with van der Waals surface area (Å²) in [7, 11) is 0. The number of anilines is 1. The zero-order valence-electron chi connectivity index (χ0n) is 18.0. The number of ether oxygens (including phenoxy) is 1. The number of aromatic nitrogens is 3. The quantitative estimate of drug-likeness (QED) is 0.416. The molecule has 0 bridgehead atoms. The van der Waals surface area contributed by atoms with Crippen molar-refractivity contribution in [1.82, 2.24) is 14.5 Å². The predicted molar refractivity (Wildman–Crippen MR) is 125 cm³/mol. The van der Waals surface area contributed by atoms with Crippen molar-refractivity contribution >= 4 is 23.4 Å². The first kappa shape index (κ1) is 22.1. The van der Waals surface area contributed by atoms with Crippen LogP contribution in [0.4, 0.5) is 5.69 Å². The number of nitrogens with one attached hydrogen (secondary N) is 1. The first-order valence-corrected chi connectivity index (χ1v) is 11.8. The van der Waals surface area contributed by atoms with Crippen molar-refractivity contribution in [3.05, 3.63) is 76.1 Å². The normalized spacial score (nSPS) is 12.8. The van der Waals surface area contributed by atoms with Gasteiger partial charge in [0.25, 0.3) is 0 Å². The lowest BCUT2D eigenvalue weighted by atomic mass is 9.97. The average molecular weight is 451 g/mol. The number of hydrogen-bond donors (Lipinski definition) is 1. The molecule has 0 saturated carbocycles. The van der Waals surface area contributed by atoms with E-state index in [2.05, 4.69) is 15.3 Å². The topological polar surface area (TPSA) is 86.1 Å². The van der Waals surface area contributed by atoms with E-state index in [1.165, 1.54) is 11.8 Å². The Bertz CT molecular complexity index is 1130. The number of rotatable bonds is 8. The molecule has 7 nitrogen and oxygen atoms in total. The molecule has 0 atom stereocenters. The molecule has 0 aliphatic heterocycles. The van der Waals surface area contributed by atoms with Crippen molar-refractivity contribution in [2.75, 3.05) is 17.7 Å². The van der Waals surface area contributed by atoms with E-state index in [1.807, 2.05) is 43.3 Å². The summed E-state index contributed by atoms with van der Waals surface area (Å²) in [5.74, 6) is 0.829. The van der Waals surface area contributed by atoms with Crippen LogP contribution < -0.4 is 15.7 Å². The van der Waals surface area contributed by atoms with E-state index in [0.717, 1.165) is 48.3 Å². The highest BCUT2D eigenvalue weighted by molar-refractivity contribution is 8.00. The molecule has 2 heterocycles. The van der Waals surface area contributed by atoms with Gasteiger partial charge in [-0.15, -0.1) is 0 Å². The summed E-state index contributed by atoms with van der Waals surface area (Å²) >= 11 is 1.33. The molecule has 1 aromatic carbocycles. The number of amides is 1. The average Bonchev–Trinajstić information content (AvgIpc) is 2.82. The van der Waals surface area contributed by atoms with Crippen LogP contribution in [0.1, 0.15) is 36.6 Å². The Morgan fingerprint density at radius 1 is 1.12 bits per heavy atom. The minimum absolute atomic E-state index is 0.133. The van der Waals surface area contributed by atoms with Gasteiger partial charge in [0, 0.05) is 29.3 Å². The minimum Gasteiger partial charge on any atom is -0.494 e. The highest BCUT2D eigenvalue weighted by Gasteiger charge is 2.21. The van der Waals surface area contributed by atoms with Crippen molar-refractivity contribution in [2.24, 2.45) is 0 Å². The first-order valence-electron chi connectivity index (χ1n) is 10.8. The zero-order chi connectivity index (χ0) is 22.3. The maximum atomic E-state index is 12.8. The monoisotopic (exact) mass is 450 g/mol. The number of nitrogens with zero attached hydrogens (tertiary/aromatic N) is 3. The summed E-state index contributed by atoms with van der Waals surface area (Å²) in [6, 6.07) is 11.1. The largest absolute Gasteiger partial charge is 0.494 e. The third-order valence-corrected chi connectivity index (χ3v) is 6.35. The molecule has 2 aromatic heterocycles. The molecule has 3 aromatic rings. The molecular weight excluding hydrogens is 424 g/mol. The van der Waals surface area contributed by atoms with E-state index in [1.54, 1.807) is 17.0 Å². The van der Waals surface area contributed by atoms with Gasteiger partial charge in [-0.25, -0.2) is 4.79 Å². The lowest BCUT2D eigenvalue weighted by Gasteiger charge is -2.22. The van der Waals surface area contributed by atoms with Gasteiger partial charge in [-0.2, -0.15) is 4.98 Å². The van der Waals surface area contributed by atoms with E-state index < -0.39 is 0 Å². The van der Waals surface area contributed by atoms with Gasteiger partial charge in [-0.05, 0) is 74.6 Å². The number of fused-ring (bicyclic) bond motifs is 1. The summed E-state index contributed by atoms with van der Waals surface area (Å²) in [6.45, 7) is 3.01. The van der Waals surface area contributed by atoms with Crippen molar-refractivity contribution in [2.45, 2.75) is 44.2 Å². The Hall–Kier alpha value is -3.13. The van der Waals surface area contributed by atoms with Gasteiger partial charge in [-0.3, -0.25) is 14.3 Å². The Morgan fingerprint density at radius 3 is 2.62 bits per heavy atom. The van der Waals surface area contributed by atoms with Gasteiger partial charge in [0.2, 0.25) is 5.91 Å². The molecule has 8 heteroatoms. The van der Waals surface area contributed by atoms with Crippen molar-refractivity contribution in [3.63, 3.8) is 0 Å². The van der Waals surface area contributed by atoms with E-state index in [-0.39, 0.29) is 17.3 Å². The molecular formula is C24H26N4O3S. The maximum Gasteiger partial charge on any atom is 0.349 e. The van der Waals surface area contributed by atoms with Crippen LogP contribution in [-0.4, -0.2) is 32.8 Å². The van der Waals surface area contributed by atoms with Crippen LogP contribution >= 0.6 is 11.8 Å². The second-order valence-electron chi connectivity index (χ2n) is 7.57. The summed E-state index contributed by atoms with van der Waals surface area (Å²) in [5, 5.41) is 3.57. The fraction of sp³-hybridized carbons (Fsp3) is 0.333. The SMILES string of the molecule is CCOc1ccc(NC(=O)CSc2nc(=O)n(Cc3ccncc3)c3c2CCCC3)cc1. The first-order chi connectivity index (χ1) is 15.6. The zero-order valence-corrected chi connectivity index (χ0v) is 18.9. The van der Waals surface area contributed by atoms with E-state index in [0.29, 0.717) is 23.9 Å². The van der Waals surface area contributed by atoms with Gasteiger partial charge in [0.15, 0.2) is 0 Å². The lowest BCUT2D eigenvalue weighted by molar-refractivity contribution is -0.113. The van der Waals surface area contributed by atoms with Crippen LogP contribution in [-0.2, 0) is 24.2 Å². The van der Waals surface area contributed by atoms with Crippen molar-refractivity contribution in [3.8, 4) is 5.75 Å². The molecule has 0 radical (unpaired) electrons. The second-order valence-corrected chi connectivity index (χ2v) is 8.53. The third-order valence-electron chi connectivity index (χ3n) is 5.33. The van der Waals surface area contributed by atoms with Crippen LogP contribution in [0.3, 0.4) is 0 Å². The standard InChI is InChI=1S/C24H26N4O3S/c1-2-31-19-9-7-18(8-10-19)26-22(29)16-32-23-20-5-3-4-6-21(20)28(24(30)27-23)15-17-11-13-25-14-12-17/h7-14H,2-6,15-16H2,1H3,(H,26,29). The molecule has 0 unspecified atom stereocenters. The van der Waals surface area contributed by atoms with Crippen molar-refractivity contribution in [1.29, 1.82) is 0 Å². The molecule has 1 amide bonds. The molecule has 32 heavy (non-hydrogen) atoms. The summed E-state index contributed by atoms with van der Waals surface area (Å²) in [5.41, 5.74) is 3.61. The summed E-state index contributed by atoms with van der Waals surface area (Å²) in [4.78, 5) is 33.7. The number of carbonyl (C=O) groups excluding carboxylic acids is 1. The Labute approximate surface area is 191 Å². The minimum atomic E-state index is -0.267. The molecule has 0 saturated heterocycles. The van der Waals surface area contributed by atoms with Gasteiger partial charge < -0.3 is 10.1 Å². The molecule has 0 spiro atoms. The second kappa shape index (κ2) is 10.5. The van der Waals surface area contributed by atoms with Crippen LogP contribution in [0.5, 0.6) is 5.75 Å². The highest BCUT2D eigenvalue weighted by atomic mass is 32.2. The maximum absolute atomic E-state index is 12.8. The Morgan fingerprint density at radius 2 is 1.88 bits per heavy atom. The molecule has 0 fully saturated rings. The molecule has 1 aliphatic carbocycles. The molecule has 4 rings (SSSR count). The lowest BCUT2D eigenvalue weighted by Crippen LogP contribution is -2.30. The van der Waals surface area contributed by atoms with E-state index in [9.17, 15) is 9.59 Å². The van der Waals surface area contributed by atoms with Crippen LogP contribution in [0.25, 0.3) is 0 Å². The van der Waals surface area contributed by atoms with Gasteiger partial charge in [0.05, 0.1) is 18.9 Å². The number of carbonyl (C=O) groups is 1. The van der Waals surface area contributed by atoms with Gasteiger partial charge >= 0.3 is 5.69 Å². The Balaban J connectivity index is 1.47. The van der Waals surface area contributed by atoms with E-state index in [4.69, 9.17) is 4.74 Å². The molecule has 1 N–H and O–H groups in total. The third kappa shape index (κ3) is 5.37. The van der Waals surface area contributed by atoms with Crippen molar-refractivity contribution < 1.29 is 9.53 Å². The number of thioether (sulfide) groups is 1. The van der Waals surface area contributed by atoms with Crippen LogP contribution in [0.2, 0.25) is 0 Å². The number of pyridine rings is 1. The summed E-state index contributed by atoms with van der Waals surface area (Å²) in [6.07, 6.45) is 7.30. The van der Waals surface area contributed by atoms with E-state index >= 15 is 0 Å². The van der Waals surface area contributed by atoms with Gasteiger partial charge in [0.1, 0.15) is 10.8 Å². The van der Waals surface area contributed by atoms with Crippen LogP contribution in [0, 0.1) is 0 Å². The molecule has 166 valence electrons. The Kier molecular flexibility index (Phi) is 7.21. The van der Waals surface area contributed by atoms with Gasteiger partial charge in [-0.1, -0.05) is 11.8 Å². The number of benzene rings is 1. The summed E-state index contributed by atoms with van der Waals surface area (Å²) < 4.78 is 7.19. The van der Waals surface area contributed by atoms with Crippen LogP contribution in [0.15, 0.2) is 58.6 Å². The number of hydrogen-bond acceptors (Lipinski definition) is 6. The predicted octanol–water partition coefficient (Wildman–Crippen LogP) is 3.69. The molecule has 1 aliphatic rings. The fourth-order valence-corrected chi connectivity index (χ4v) is 4.71. The fourth-order valence-electron chi connectivity index (χ4n) is 3.83. The highest BCUT2D eigenvalue weighted by Crippen LogP contribution is 2.29.